The molecule has 0 saturated carbocycles. The number of rotatable bonds is 4. The highest BCUT2D eigenvalue weighted by Gasteiger charge is 2.28. The fourth-order valence-corrected chi connectivity index (χ4v) is 2.06. The molecule has 1 heterocycles. The number of aliphatic hydroxyl groups is 1. The van der Waals surface area contributed by atoms with Crippen molar-refractivity contribution in [3.05, 3.63) is 35.9 Å². The van der Waals surface area contributed by atoms with Gasteiger partial charge in [0, 0.05) is 5.56 Å². The van der Waals surface area contributed by atoms with Crippen LogP contribution in [0.2, 0.25) is 0 Å². The second kappa shape index (κ2) is 4.55. The molecule has 1 aliphatic rings. The van der Waals surface area contributed by atoms with Gasteiger partial charge in [0.25, 0.3) is 0 Å². The Morgan fingerprint density at radius 1 is 1.27 bits per heavy atom. The van der Waals surface area contributed by atoms with Crippen molar-refractivity contribution >= 4 is 6.34 Å². The molecule has 2 rings (SSSR count). The van der Waals surface area contributed by atoms with Gasteiger partial charge < -0.3 is 5.11 Å². The maximum Gasteiger partial charge on any atom is 0.185 e. The summed E-state index contributed by atoms with van der Waals surface area (Å²) in [7, 11) is 0. The maximum atomic E-state index is 9.09. The Bertz CT molecular complexity index is 337. The number of benzene rings is 1. The summed E-state index contributed by atoms with van der Waals surface area (Å²) < 4.78 is 0.792. The van der Waals surface area contributed by atoms with Gasteiger partial charge in [-0.05, 0) is 0 Å². The van der Waals surface area contributed by atoms with Gasteiger partial charge in [-0.2, -0.15) is 0 Å². The lowest BCUT2D eigenvalue weighted by Gasteiger charge is -2.29. The normalized spacial score (nSPS) is 24.6. The SMILES string of the molecule is OCC[N+]1(Cc2ccccc2)C=NCC1. The van der Waals surface area contributed by atoms with Gasteiger partial charge in [0.05, 0.1) is 13.2 Å². The molecule has 1 aliphatic heterocycles. The number of aliphatic hydroxyl groups excluding tert-OH is 1. The van der Waals surface area contributed by atoms with E-state index in [4.69, 9.17) is 5.11 Å². The first-order valence-corrected chi connectivity index (χ1v) is 5.36. The zero-order valence-electron chi connectivity index (χ0n) is 8.84. The second-order valence-electron chi connectivity index (χ2n) is 4.05. The van der Waals surface area contributed by atoms with Crippen molar-refractivity contribution in [1.82, 2.24) is 0 Å². The van der Waals surface area contributed by atoms with E-state index in [2.05, 4.69) is 29.3 Å². The van der Waals surface area contributed by atoms with Crippen molar-refractivity contribution in [2.45, 2.75) is 6.54 Å². The van der Waals surface area contributed by atoms with E-state index in [9.17, 15) is 0 Å². The van der Waals surface area contributed by atoms with Gasteiger partial charge in [0.15, 0.2) is 6.34 Å². The average Bonchev–Trinajstić information content (AvgIpc) is 2.69. The number of aliphatic imine (C=N–C) groups is 1. The van der Waals surface area contributed by atoms with E-state index in [-0.39, 0.29) is 6.61 Å². The minimum Gasteiger partial charge on any atom is -0.390 e. The van der Waals surface area contributed by atoms with Crippen LogP contribution in [0.1, 0.15) is 5.56 Å². The minimum absolute atomic E-state index is 0.221. The largest absolute Gasteiger partial charge is 0.390 e. The lowest BCUT2D eigenvalue weighted by Crippen LogP contribution is -2.46. The molecule has 3 nitrogen and oxygen atoms in total. The van der Waals surface area contributed by atoms with Crippen LogP contribution in [-0.2, 0) is 6.54 Å². The first kappa shape index (κ1) is 10.3. The standard InChI is InChI=1S/C12H17N2O/c15-9-8-14(7-6-13-11-14)10-12-4-2-1-3-5-12/h1-5,11,15H,6-10H2/q+1. The molecule has 15 heavy (non-hydrogen) atoms. The van der Waals surface area contributed by atoms with E-state index in [1.165, 1.54) is 5.56 Å². The van der Waals surface area contributed by atoms with Crippen LogP contribution in [0, 0.1) is 0 Å². The topological polar surface area (TPSA) is 32.6 Å². The minimum atomic E-state index is 0.221. The Hall–Kier alpha value is -1.19. The van der Waals surface area contributed by atoms with E-state index in [1.807, 2.05) is 12.4 Å². The second-order valence-corrected chi connectivity index (χ2v) is 4.05. The number of hydrogen-bond donors (Lipinski definition) is 1. The van der Waals surface area contributed by atoms with Crippen LogP contribution < -0.4 is 0 Å². The lowest BCUT2D eigenvalue weighted by atomic mass is 10.2. The summed E-state index contributed by atoms with van der Waals surface area (Å²) in [6.07, 6.45) is 1.99. The highest BCUT2D eigenvalue weighted by molar-refractivity contribution is 5.48. The van der Waals surface area contributed by atoms with Gasteiger partial charge in [-0.3, -0.25) is 4.48 Å². The highest BCUT2D eigenvalue weighted by Crippen LogP contribution is 2.15. The Morgan fingerprint density at radius 2 is 2.07 bits per heavy atom. The molecule has 3 heteroatoms. The molecule has 1 N–H and O–H groups in total. The predicted octanol–water partition coefficient (Wildman–Crippen LogP) is 1.04. The Kier molecular flexibility index (Phi) is 3.14. The molecule has 0 saturated heterocycles. The van der Waals surface area contributed by atoms with Crippen LogP contribution in [0.25, 0.3) is 0 Å². The number of hydrogen-bond acceptors (Lipinski definition) is 2. The third kappa shape index (κ3) is 2.43. The lowest BCUT2D eigenvalue weighted by molar-refractivity contribution is -0.843. The Balaban J connectivity index is 2.11. The number of quaternary nitrogens is 1. The molecule has 0 aliphatic carbocycles. The van der Waals surface area contributed by atoms with Gasteiger partial charge in [0.1, 0.15) is 19.6 Å². The molecule has 0 fully saturated rings. The van der Waals surface area contributed by atoms with Crippen LogP contribution >= 0.6 is 0 Å². The van der Waals surface area contributed by atoms with Crippen LogP contribution in [0.5, 0.6) is 0 Å². The number of nitrogens with zero attached hydrogens (tertiary/aromatic N) is 2. The average molecular weight is 205 g/mol. The van der Waals surface area contributed by atoms with Crippen molar-refractivity contribution in [2.75, 3.05) is 26.2 Å². The summed E-state index contributed by atoms with van der Waals surface area (Å²) in [4.78, 5) is 4.29. The highest BCUT2D eigenvalue weighted by atomic mass is 16.3. The van der Waals surface area contributed by atoms with E-state index in [0.29, 0.717) is 0 Å². The first-order chi connectivity index (χ1) is 7.35. The zero-order chi connectivity index (χ0) is 10.6. The van der Waals surface area contributed by atoms with Gasteiger partial charge in [-0.15, -0.1) is 0 Å². The Labute approximate surface area is 90.3 Å². The molecule has 80 valence electrons. The van der Waals surface area contributed by atoms with E-state index in [1.54, 1.807) is 0 Å². The molecule has 1 unspecified atom stereocenters. The van der Waals surface area contributed by atoms with Crippen molar-refractivity contribution in [3.63, 3.8) is 0 Å². The third-order valence-corrected chi connectivity index (χ3v) is 2.89. The summed E-state index contributed by atoms with van der Waals surface area (Å²) >= 11 is 0. The molecular formula is C12H17N2O+. The smallest absolute Gasteiger partial charge is 0.185 e. The summed E-state index contributed by atoms with van der Waals surface area (Å²) in [5, 5.41) is 9.09. The zero-order valence-corrected chi connectivity index (χ0v) is 8.84. The first-order valence-electron chi connectivity index (χ1n) is 5.36. The van der Waals surface area contributed by atoms with Gasteiger partial charge in [-0.25, -0.2) is 4.99 Å². The van der Waals surface area contributed by atoms with Crippen molar-refractivity contribution < 1.29 is 9.59 Å². The molecule has 0 amide bonds. The molecule has 0 spiro atoms. The molecule has 0 bridgehead atoms. The molecule has 1 aromatic rings. The van der Waals surface area contributed by atoms with Crippen LogP contribution in [0.4, 0.5) is 0 Å². The van der Waals surface area contributed by atoms with Crippen molar-refractivity contribution in [1.29, 1.82) is 0 Å². The van der Waals surface area contributed by atoms with Crippen LogP contribution in [0.3, 0.4) is 0 Å². The summed E-state index contributed by atoms with van der Waals surface area (Å²) in [6.45, 7) is 3.81. The van der Waals surface area contributed by atoms with Gasteiger partial charge in [-0.1, -0.05) is 30.3 Å². The third-order valence-electron chi connectivity index (χ3n) is 2.89. The van der Waals surface area contributed by atoms with Crippen LogP contribution in [0.15, 0.2) is 35.3 Å². The molecule has 1 aromatic carbocycles. The fraction of sp³-hybridized carbons (Fsp3) is 0.417. The molecule has 0 radical (unpaired) electrons. The van der Waals surface area contributed by atoms with E-state index >= 15 is 0 Å². The van der Waals surface area contributed by atoms with Crippen molar-refractivity contribution in [3.8, 4) is 0 Å². The molecule has 0 aromatic heterocycles. The Morgan fingerprint density at radius 3 is 2.67 bits per heavy atom. The summed E-state index contributed by atoms with van der Waals surface area (Å²) in [5.41, 5.74) is 1.30. The predicted molar refractivity (Wildman–Crippen MR) is 60.6 cm³/mol. The quantitative estimate of drug-likeness (QED) is 0.732. The van der Waals surface area contributed by atoms with Crippen LogP contribution in [-0.4, -0.2) is 42.2 Å². The van der Waals surface area contributed by atoms with E-state index < -0.39 is 0 Å². The maximum absolute atomic E-state index is 9.09. The summed E-state index contributed by atoms with van der Waals surface area (Å²) in [5.74, 6) is 0. The van der Waals surface area contributed by atoms with Crippen molar-refractivity contribution in [2.24, 2.45) is 4.99 Å². The monoisotopic (exact) mass is 205 g/mol. The van der Waals surface area contributed by atoms with Gasteiger partial charge in [0.2, 0.25) is 0 Å². The fourth-order valence-electron chi connectivity index (χ4n) is 2.06. The molecule has 1 atom stereocenters. The molecular weight excluding hydrogens is 188 g/mol. The summed E-state index contributed by atoms with van der Waals surface area (Å²) in [6, 6.07) is 10.4. The van der Waals surface area contributed by atoms with Gasteiger partial charge >= 0.3 is 0 Å². The van der Waals surface area contributed by atoms with E-state index in [0.717, 1.165) is 30.7 Å².